The van der Waals surface area contributed by atoms with E-state index in [0.717, 1.165) is 17.7 Å². The van der Waals surface area contributed by atoms with Crippen molar-refractivity contribution in [3.05, 3.63) is 23.0 Å². The molecule has 0 aliphatic heterocycles. The zero-order valence-electron chi connectivity index (χ0n) is 11.3. The molecule has 1 saturated carbocycles. The minimum Gasteiger partial charge on any atom is -0.369 e. The lowest BCUT2D eigenvalue weighted by Gasteiger charge is -2.22. The molecule has 1 aromatic heterocycles. The van der Waals surface area contributed by atoms with Crippen molar-refractivity contribution in [2.75, 3.05) is 11.5 Å². The van der Waals surface area contributed by atoms with Gasteiger partial charge in [0, 0.05) is 17.4 Å². The maximum atomic E-state index is 13.8. The Balaban J connectivity index is 2.10. The first-order chi connectivity index (χ1) is 9.61. The van der Waals surface area contributed by atoms with E-state index in [-0.39, 0.29) is 5.02 Å². The Kier molecular flexibility index (Phi) is 3.82. The Hall–Kier alpha value is -0.940. The smallest absolute Gasteiger partial charge is 0.201 e. The van der Waals surface area contributed by atoms with Crippen LogP contribution in [0.4, 0.5) is 10.3 Å². The fourth-order valence-corrected chi connectivity index (χ4v) is 4.47. The van der Waals surface area contributed by atoms with Crippen LogP contribution in [-0.2, 0) is 0 Å². The molecule has 1 fully saturated rings. The summed E-state index contributed by atoms with van der Waals surface area (Å²) < 4.78 is 15.7. The van der Waals surface area contributed by atoms with Crippen LogP contribution < -0.4 is 5.73 Å². The van der Waals surface area contributed by atoms with E-state index in [1.54, 1.807) is 6.07 Å². The van der Waals surface area contributed by atoms with Crippen molar-refractivity contribution in [3.8, 4) is 0 Å². The molecule has 3 rings (SSSR count). The molecular weight excluding hydrogens is 297 g/mol. The fourth-order valence-electron chi connectivity index (χ4n) is 3.07. The van der Waals surface area contributed by atoms with Crippen molar-refractivity contribution in [2.24, 2.45) is 0 Å². The molecule has 2 aromatic rings. The summed E-state index contributed by atoms with van der Waals surface area (Å²) in [5.41, 5.74) is 7.48. The lowest BCUT2D eigenvalue weighted by atomic mass is 10.2. The number of nitrogen functional groups attached to an aromatic ring is 1. The molecule has 1 aliphatic carbocycles. The zero-order chi connectivity index (χ0) is 14.3. The quantitative estimate of drug-likeness (QED) is 0.921. The van der Waals surface area contributed by atoms with Gasteiger partial charge >= 0.3 is 0 Å². The van der Waals surface area contributed by atoms with E-state index in [1.165, 1.54) is 18.9 Å². The van der Waals surface area contributed by atoms with Crippen molar-refractivity contribution in [1.82, 2.24) is 9.55 Å². The number of hydrogen-bond donors (Lipinski definition) is 1. The van der Waals surface area contributed by atoms with Crippen molar-refractivity contribution in [1.29, 1.82) is 0 Å². The van der Waals surface area contributed by atoms with E-state index < -0.39 is 5.82 Å². The number of nitrogens with two attached hydrogens (primary N) is 1. The second kappa shape index (κ2) is 5.45. The molecule has 108 valence electrons. The maximum absolute atomic E-state index is 13.8. The lowest BCUT2D eigenvalue weighted by molar-refractivity contribution is 0.547. The summed E-state index contributed by atoms with van der Waals surface area (Å²) in [4.78, 5) is 4.33. The van der Waals surface area contributed by atoms with Crippen LogP contribution in [0.3, 0.4) is 0 Å². The van der Waals surface area contributed by atoms with Crippen LogP contribution in [0.15, 0.2) is 12.1 Å². The molecule has 1 aliphatic rings. The van der Waals surface area contributed by atoms with Crippen LogP contribution in [0.5, 0.6) is 0 Å². The van der Waals surface area contributed by atoms with Crippen molar-refractivity contribution >= 4 is 40.3 Å². The summed E-state index contributed by atoms with van der Waals surface area (Å²) in [6.45, 7) is 2.16. The van der Waals surface area contributed by atoms with E-state index in [9.17, 15) is 4.39 Å². The monoisotopic (exact) mass is 313 g/mol. The molecule has 2 atom stereocenters. The van der Waals surface area contributed by atoms with Gasteiger partial charge in [-0.3, -0.25) is 0 Å². The number of fused-ring (bicyclic) bond motifs is 1. The van der Waals surface area contributed by atoms with Gasteiger partial charge in [0.05, 0.1) is 16.1 Å². The maximum Gasteiger partial charge on any atom is 0.201 e. The first-order valence-corrected chi connectivity index (χ1v) is 8.28. The number of halogens is 2. The number of benzene rings is 1. The molecule has 2 unspecified atom stereocenters. The van der Waals surface area contributed by atoms with E-state index in [2.05, 4.69) is 11.9 Å². The van der Waals surface area contributed by atoms with Crippen LogP contribution in [0, 0.1) is 5.82 Å². The topological polar surface area (TPSA) is 43.8 Å². The first kappa shape index (κ1) is 14.0. The number of anilines is 1. The van der Waals surface area contributed by atoms with Crippen LogP contribution >= 0.6 is 23.4 Å². The van der Waals surface area contributed by atoms with Gasteiger partial charge in [0.25, 0.3) is 0 Å². The minimum absolute atomic E-state index is 0.0908. The minimum atomic E-state index is -0.419. The largest absolute Gasteiger partial charge is 0.369 e. The van der Waals surface area contributed by atoms with Crippen LogP contribution in [0.25, 0.3) is 11.0 Å². The third-order valence-electron chi connectivity index (χ3n) is 3.89. The van der Waals surface area contributed by atoms with Gasteiger partial charge in [-0.2, -0.15) is 11.8 Å². The first-order valence-electron chi connectivity index (χ1n) is 6.86. The van der Waals surface area contributed by atoms with Crippen molar-refractivity contribution in [3.63, 3.8) is 0 Å². The van der Waals surface area contributed by atoms with Gasteiger partial charge in [-0.15, -0.1) is 0 Å². The standard InChI is InChI=1S/C14H17ClFN3S/c1-2-20-13-5-3-4-11(13)19-12-7-9(16)8(15)6-10(12)18-14(19)17/h6-7,11,13H,2-5H2,1H3,(H2,17,18). The van der Waals surface area contributed by atoms with Gasteiger partial charge in [-0.1, -0.05) is 24.9 Å². The fraction of sp³-hybridized carbons (Fsp3) is 0.500. The van der Waals surface area contributed by atoms with Crippen molar-refractivity contribution in [2.45, 2.75) is 37.5 Å². The summed E-state index contributed by atoms with van der Waals surface area (Å²) in [6.07, 6.45) is 3.42. The Morgan fingerprint density at radius 3 is 3.05 bits per heavy atom. The number of thioether (sulfide) groups is 1. The second-order valence-corrected chi connectivity index (χ2v) is 7.01. The summed E-state index contributed by atoms with van der Waals surface area (Å²) in [5.74, 6) is 1.11. The highest BCUT2D eigenvalue weighted by Gasteiger charge is 2.31. The van der Waals surface area contributed by atoms with Gasteiger partial charge < -0.3 is 10.3 Å². The third-order valence-corrected chi connectivity index (χ3v) is 5.49. The Morgan fingerprint density at radius 2 is 2.30 bits per heavy atom. The number of imidazole rings is 1. The van der Waals surface area contributed by atoms with E-state index in [0.29, 0.717) is 22.8 Å². The Labute approximate surface area is 126 Å². The number of hydrogen-bond acceptors (Lipinski definition) is 3. The van der Waals surface area contributed by atoms with E-state index >= 15 is 0 Å². The molecule has 0 bridgehead atoms. The van der Waals surface area contributed by atoms with Gasteiger partial charge in [0.15, 0.2) is 0 Å². The molecule has 0 radical (unpaired) electrons. The SMILES string of the molecule is CCSC1CCCC1n1c(N)nc2cc(Cl)c(F)cc21. The molecular formula is C14H17ClFN3S. The highest BCUT2D eigenvalue weighted by atomic mass is 35.5. The summed E-state index contributed by atoms with van der Waals surface area (Å²) in [6, 6.07) is 3.30. The summed E-state index contributed by atoms with van der Waals surface area (Å²) >= 11 is 7.76. The highest BCUT2D eigenvalue weighted by Crippen LogP contribution is 2.41. The molecule has 1 aromatic carbocycles. The predicted molar refractivity (Wildman–Crippen MR) is 83.9 cm³/mol. The molecule has 1 heterocycles. The van der Waals surface area contributed by atoms with Gasteiger partial charge in [0.2, 0.25) is 5.95 Å². The highest BCUT2D eigenvalue weighted by molar-refractivity contribution is 7.99. The molecule has 0 amide bonds. The Morgan fingerprint density at radius 1 is 1.50 bits per heavy atom. The molecule has 0 saturated heterocycles. The molecule has 0 spiro atoms. The number of rotatable bonds is 3. The number of aromatic nitrogens is 2. The molecule has 6 heteroatoms. The van der Waals surface area contributed by atoms with Crippen LogP contribution in [-0.4, -0.2) is 20.6 Å². The number of nitrogens with zero attached hydrogens (tertiary/aromatic N) is 2. The van der Waals surface area contributed by atoms with Crippen molar-refractivity contribution < 1.29 is 4.39 Å². The van der Waals surface area contributed by atoms with Crippen LogP contribution in [0.1, 0.15) is 32.2 Å². The normalized spacial score (nSPS) is 22.8. The van der Waals surface area contributed by atoms with Gasteiger partial charge in [0.1, 0.15) is 5.82 Å². The Bertz CT molecular complexity index is 643. The van der Waals surface area contributed by atoms with E-state index in [1.807, 2.05) is 16.3 Å². The van der Waals surface area contributed by atoms with Gasteiger partial charge in [-0.25, -0.2) is 9.37 Å². The summed E-state index contributed by atoms with van der Waals surface area (Å²) in [7, 11) is 0. The average Bonchev–Trinajstić information content (AvgIpc) is 2.95. The molecule has 3 nitrogen and oxygen atoms in total. The third kappa shape index (κ3) is 2.27. The molecule has 20 heavy (non-hydrogen) atoms. The predicted octanol–water partition coefficient (Wildman–Crippen LogP) is 4.26. The van der Waals surface area contributed by atoms with E-state index in [4.69, 9.17) is 17.3 Å². The van der Waals surface area contributed by atoms with Crippen LogP contribution in [0.2, 0.25) is 5.02 Å². The second-order valence-electron chi connectivity index (χ2n) is 5.09. The average molecular weight is 314 g/mol. The van der Waals surface area contributed by atoms with Gasteiger partial charge in [-0.05, 0) is 24.7 Å². The molecule has 2 N–H and O–H groups in total. The summed E-state index contributed by atoms with van der Waals surface area (Å²) in [5, 5.41) is 0.617. The zero-order valence-corrected chi connectivity index (χ0v) is 12.8. The lowest BCUT2D eigenvalue weighted by Crippen LogP contribution is -2.18.